The third kappa shape index (κ3) is 2.15. The van der Waals surface area contributed by atoms with E-state index < -0.39 is 17.5 Å². The molecule has 1 fully saturated rings. The van der Waals surface area contributed by atoms with Crippen molar-refractivity contribution in [2.75, 3.05) is 0 Å². The van der Waals surface area contributed by atoms with Gasteiger partial charge in [-0.15, -0.1) is 0 Å². The Bertz CT molecular complexity index is 413. The average Bonchev–Trinajstić information content (AvgIpc) is 3.02. The first-order valence-corrected chi connectivity index (χ1v) is 5.28. The summed E-state index contributed by atoms with van der Waals surface area (Å²) in [5.74, 6) is -2.01. The van der Waals surface area contributed by atoms with Crippen LogP contribution in [0.5, 0.6) is 5.75 Å². The molecule has 3 nitrogen and oxygen atoms in total. The molecular formula is C12H13FO3. The number of benzene rings is 1. The van der Waals surface area contributed by atoms with E-state index in [0.29, 0.717) is 5.56 Å². The molecule has 1 atom stereocenters. The lowest BCUT2D eigenvalue weighted by molar-refractivity contribution is -0.137. The predicted molar refractivity (Wildman–Crippen MR) is 55.8 cm³/mol. The highest BCUT2D eigenvalue weighted by Gasteiger charge is 2.35. The molecule has 1 saturated carbocycles. The van der Waals surface area contributed by atoms with Crippen molar-refractivity contribution < 1.29 is 19.4 Å². The van der Waals surface area contributed by atoms with Gasteiger partial charge in [0.1, 0.15) is 0 Å². The van der Waals surface area contributed by atoms with Gasteiger partial charge in [-0.25, -0.2) is 4.39 Å². The maximum absolute atomic E-state index is 13.2. The van der Waals surface area contributed by atoms with Crippen LogP contribution in [0, 0.1) is 11.7 Å². The van der Waals surface area contributed by atoms with E-state index in [1.807, 2.05) is 0 Å². The van der Waals surface area contributed by atoms with Gasteiger partial charge in [0.2, 0.25) is 0 Å². The lowest BCUT2D eigenvalue weighted by atomic mass is 9.90. The third-order valence-corrected chi connectivity index (χ3v) is 3.00. The van der Waals surface area contributed by atoms with Gasteiger partial charge in [0.05, 0.1) is 6.42 Å². The predicted octanol–water partition coefficient (Wildman–Crippen LogP) is 2.50. The molecule has 1 unspecified atom stereocenters. The van der Waals surface area contributed by atoms with Gasteiger partial charge in [0.25, 0.3) is 0 Å². The Morgan fingerprint density at radius 1 is 1.50 bits per heavy atom. The number of phenols is 1. The van der Waals surface area contributed by atoms with Crippen molar-refractivity contribution in [1.29, 1.82) is 0 Å². The van der Waals surface area contributed by atoms with E-state index in [-0.39, 0.29) is 18.3 Å². The number of aliphatic carboxylic acids is 1. The highest BCUT2D eigenvalue weighted by molar-refractivity contribution is 5.68. The molecule has 16 heavy (non-hydrogen) atoms. The van der Waals surface area contributed by atoms with Gasteiger partial charge >= 0.3 is 5.97 Å². The van der Waals surface area contributed by atoms with Gasteiger partial charge in [-0.1, -0.05) is 12.1 Å². The smallest absolute Gasteiger partial charge is 0.303 e. The number of rotatable bonds is 4. The van der Waals surface area contributed by atoms with Gasteiger partial charge in [-0.05, 0) is 24.8 Å². The summed E-state index contributed by atoms with van der Waals surface area (Å²) in [6, 6.07) is 4.27. The minimum Gasteiger partial charge on any atom is -0.505 e. The number of carboxylic acid groups (broad SMARTS) is 1. The number of para-hydroxylation sites is 1. The van der Waals surface area contributed by atoms with Crippen molar-refractivity contribution in [3.05, 3.63) is 29.6 Å². The quantitative estimate of drug-likeness (QED) is 0.826. The van der Waals surface area contributed by atoms with Crippen LogP contribution in [0.1, 0.15) is 30.7 Å². The normalized spacial score (nSPS) is 17.1. The van der Waals surface area contributed by atoms with Crippen LogP contribution in [0.25, 0.3) is 0 Å². The van der Waals surface area contributed by atoms with Crippen LogP contribution in [0.15, 0.2) is 18.2 Å². The van der Waals surface area contributed by atoms with E-state index in [9.17, 15) is 14.3 Å². The van der Waals surface area contributed by atoms with Crippen molar-refractivity contribution in [3.8, 4) is 5.75 Å². The fourth-order valence-corrected chi connectivity index (χ4v) is 2.05. The first kappa shape index (κ1) is 10.9. The maximum Gasteiger partial charge on any atom is 0.303 e. The summed E-state index contributed by atoms with van der Waals surface area (Å²) in [7, 11) is 0. The molecule has 1 aromatic carbocycles. The summed E-state index contributed by atoms with van der Waals surface area (Å²) in [5, 5.41) is 18.4. The monoisotopic (exact) mass is 224 g/mol. The molecule has 0 saturated heterocycles. The second-order valence-electron chi connectivity index (χ2n) is 4.22. The van der Waals surface area contributed by atoms with Crippen molar-refractivity contribution >= 4 is 5.97 Å². The van der Waals surface area contributed by atoms with Crippen LogP contribution < -0.4 is 0 Å². The highest BCUT2D eigenvalue weighted by Crippen LogP contribution is 2.47. The van der Waals surface area contributed by atoms with Gasteiger partial charge in [-0.3, -0.25) is 4.79 Å². The number of carbonyl (C=O) groups is 1. The minimum absolute atomic E-state index is 0.0539. The Hall–Kier alpha value is -1.58. The largest absolute Gasteiger partial charge is 0.505 e. The van der Waals surface area contributed by atoms with E-state index in [2.05, 4.69) is 0 Å². The lowest BCUT2D eigenvalue weighted by Crippen LogP contribution is -2.09. The van der Waals surface area contributed by atoms with Crippen LogP contribution >= 0.6 is 0 Å². The fourth-order valence-electron chi connectivity index (χ4n) is 2.05. The zero-order chi connectivity index (χ0) is 11.7. The first-order valence-electron chi connectivity index (χ1n) is 5.28. The number of carboxylic acids is 1. The molecule has 86 valence electrons. The zero-order valence-corrected chi connectivity index (χ0v) is 8.69. The standard InChI is InChI=1S/C12H13FO3/c13-10-3-1-2-8(12(10)16)9(6-11(14)15)7-4-5-7/h1-3,7,9,16H,4-6H2,(H,14,15). The van der Waals surface area contributed by atoms with Crippen LogP contribution in [0.4, 0.5) is 4.39 Å². The Balaban J connectivity index is 2.30. The summed E-state index contributed by atoms with van der Waals surface area (Å²) >= 11 is 0. The molecule has 0 bridgehead atoms. The molecule has 1 aromatic rings. The molecule has 2 N–H and O–H groups in total. The average molecular weight is 224 g/mol. The SMILES string of the molecule is O=C(O)CC(c1cccc(F)c1O)C1CC1. The number of hydrogen-bond donors (Lipinski definition) is 2. The second kappa shape index (κ2) is 4.12. The molecule has 0 amide bonds. The van der Waals surface area contributed by atoms with Gasteiger partial charge in [0.15, 0.2) is 11.6 Å². The molecule has 1 aliphatic rings. The lowest BCUT2D eigenvalue weighted by Gasteiger charge is -2.15. The van der Waals surface area contributed by atoms with Crippen LogP contribution in [0.3, 0.4) is 0 Å². The summed E-state index contributed by atoms with van der Waals surface area (Å²) < 4.78 is 13.2. The molecule has 0 heterocycles. The maximum atomic E-state index is 13.2. The molecule has 0 aromatic heterocycles. The Morgan fingerprint density at radius 2 is 2.19 bits per heavy atom. The van der Waals surface area contributed by atoms with Crippen molar-refractivity contribution in [2.24, 2.45) is 5.92 Å². The van der Waals surface area contributed by atoms with Gasteiger partial charge in [-0.2, -0.15) is 0 Å². The Labute approximate surface area is 92.5 Å². The topological polar surface area (TPSA) is 57.5 Å². The van der Waals surface area contributed by atoms with E-state index in [1.54, 1.807) is 6.07 Å². The molecule has 2 rings (SSSR count). The summed E-state index contributed by atoms with van der Waals surface area (Å²) in [4.78, 5) is 10.7. The minimum atomic E-state index is -0.916. The highest BCUT2D eigenvalue weighted by atomic mass is 19.1. The number of hydrogen-bond acceptors (Lipinski definition) is 2. The molecular weight excluding hydrogens is 211 g/mol. The zero-order valence-electron chi connectivity index (χ0n) is 8.69. The number of phenolic OH excluding ortho intramolecular Hbond substituents is 1. The second-order valence-corrected chi connectivity index (χ2v) is 4.22. The molecule has 1 aliphatic carbocycles. The van der Waals surface area contributed by atoms with E-state index >= 15 is 0 Å². The van der Waals surface area contributed by atoms with Crippen molar-refractivity contribution in [2.45, 2.75) is 25.2 Å². The van der Waals surface area contributed by atoms with Crippen LogP contribution in [-0.2, 0) is 4.79 Å². The summed E-state index contributed by atoms with van der Waals surface area (Å²) in [5.41, 5.74) is 0.421. The summed E-state index contributed by atoms with van der Waals surface area (Å²) in [6.45, 7) is 0. The molecule has 0 aliphatic heterocycles. The Kier molecular flexibility index (Phi) is 2.81. The van der Waals surface area contributed by atoms with Crippen LogP contribution in [-0.4, -0.2) is 16.2 Å². The van der Waals surface area contributed by atoms with Gasteiger partial charge < -0.3 is 10.2 Å². The number of aromatic hydroxyl groups is 1. The Morgan fingerprint density at radius 3 is 2.75 bits per heavy atom. The van der Waals surface area contributed by atoms with Crippen molar-refractivity contribution in [3.63, 3.8) is 0 Å². The molecule has 4 heteroatoms. The number of halogens is 1. The molecule has 0 spiro atoms. The van der Waals surface area contributed by atoms with E-state index in [0.717, 1.165) is 12.8 Å². The third-order valence-electron chi connectivity index (χ3n) is 3.00. The first-order chi connectivity index (χ1) is 7.59. The van der Waals surface area contributed by atoms with Crippen molar-refractivity contribution in [1.82, 2.24) is 0 Å². The van der Waals surface area contributed by atoms with E-state index in [1.165, 1.54) is 12.1 Å². The van der Waals surface area contributed by atoms with Gasteiger partial charge in [0, 0.05) is 11.5 Å². The van der Waals surface area contributed by atoms with Crippen LogP contribution in [0.2, 0.25) is 0 Å². The fraction of sp³-hybridized carbons (Fsp3) is 0.417. The summed E-state index contributed by atoms with van der Waals surface area (Å²) in [6.07, 6.45) is 1.85. The van der Waals surface area contributed by atoms with E-state index in [4.69, 9.17) is 5.11 Å². The molecule has 0 radical (unpaired) electrons.